The fourth-order valence-corrected chi connectivity index (χ4v) is 10.0. The zero-order chi connectivity index (χ0) is 40.7. The number of furan rings is 1. The molecule has 0 saturated carbocycles. The molecule has 0 spiro atoms. The lowest BCUT2D eigenvalue weighted by molar-refractivity contribution is 0.660. The summed E-state index contributed by atoms with van der Waals surface area (Å²) in [6, 6.07) is 77.3. The molecule has 1 heterocycles. The smallest absolute Gasteiger partial charge is 0.143 e. The Bertz CT molecular complexity index is 3470. The molecule has 1 aliphatic carbocycles. The highest BCUT2D eigenvalue weighted by Crippen LogP contribution is 2.52. The lowest BCUT2D eigenvalue weighted by atomic mass is 9.82. The summed E-state index contributed by atoms with van der Waals surface area (Å²) in [5, 5.41) is 6.99. The van der Waals surface area contributed by atoms with E-state index < -0.39 is 0 Å². The molecule has 0 aliphatic heterocycles. The highest BCUT2D eigenvalue weighted by atomic mass is 16.3. The van der Waals surface area contributed by atoms with Gasteiger partial charge in [0, 0.05) is 38.5 Å². The molecular weight excluding hydrogens is 739 g/mol. The molecule has 1 aliphatic rings. The molecule has 0 atom stereocenters. The van der Waals surface area contributed by atoms with Crippen LogP contribution < -0.4 is 4.90 Å². The molecule has 0 N–H and O–H groups in total. The number of anilines is 3. The molecule has 12 rings (SSSR count). The Hall–Kier alpha value is -7.68. The summed E-state index contributed by atoms with van der Waals surface area (Å²) >= 11 is 0. The maximum Gasteiger partial charge on any atom is 0.143 e. The first kappa shape index (κ1) is 35.3. The van der Waals surface area contributed by atoms with Gasteiger partial charge in [0.05, 0.1) is 5.69 Å². The van der Waals surface area contributed by atoms with Gasteiger partial charge in [0.2, 0.25) is 0 Å². The van der Waals surface area contributed by atoms with E-state index in [0.29, 0.717) is 0 Å². The normalized spacial score (nSPS) is 12.9. The quantitative estimate of drug-likeness (QED) is 0.156. The summed E-state index contributed by atoms with van der Waals surface area (Å²) in [7, 11) is 0. The number of rotatable bonds is 6. The molecule has 288 valence electrons. The fraction of sp³-hybridized carbons (Fsp3) is 0.0508. The zero-order valence-corrected chi connectivity index (χ0v) is 34.1. The molecule has 2 nitrogen and oxygen atoms in total. The van der Waals surface area contributed by atoms with Gasteiger partial charge in [-0.2, -0.15) is 0 Å². The van der Waals surface area contributed by atoms with Crippen molar-refractivity contribution >= 4 is 60.5 Å². The second-order valence-electron chi connectivity index (χ2n) is 16.9. The first-order valence-corrected chi connectivity index (χ1v) is 21.2. The topological polar surface area (TPSA) is 16.4 Å². The monoisotopic (exact) mass is 779 g/mol. The molecule has 2 heteroatoms. The third kappa shape index (κ3) is 5.56. The molecule has 0 radical (unpaired) electrons. The van der Waals surface area contributed by atoms with Gasteiger partial charge in [-0.1, -0.05) is 190 Å². The minimum Gasteiger partial charge on any atom is -0.455 e. The Balaban J connectivity index is 1.10. The van der Waals surface area contributed by atoms with E-state index in [1.165, 1.54) is 60.7 Å². The van der Waals surface area contributed by atoms with Crippen molar-refractivity contribution in [2.75, 3.05) is 4.90 Å². The van der Waals surface area contributed by atoms with Crippen LogP contribution in [0.5, 0.6) is 0 Å². The molecule has 11 aromatic rings. The van der Waals surface area contributed by atoms with Crippen LogP contribution in [0, 0.1) is 0 Å². The van der Waals surface area contributed by atoms with Crippen LogP contribution in [0.15, 0.2) is 217 Å². The van der Waals surface area contributed by atoms with Gasteiger partial charge < -0.3 is 9.32 Å². The Morgan fingerprint density at radius 2 is 0.869 bits per heavy atom. The van der Waals surface area contributed by atoms with Crippen molar-refractivity contribution in [1.82, 2.24) is 0 Å². The average molecular weight is 780 g/mol. The number of benzene rings is 10. The second kappa shape index (κ2) is 13.7. The number of hydrogen-bond donors (Lipinski definition) is 0. The van der Waals surface area contributed by atoms with E-state index in [0.717, 1.165) is 55.5 Å². The third-order valence-electron chi connectivity index (χ3n) is 13.1. The second-order valence-corrected chi connectivity index (χ2v) is 16.9. The van der Waals surface area contributed by atoms with Crippen LogP contribution in [0.2, 0.25) is 0 Å². The Kier molecular flexibility index (Phi) is 7.92. The van der Waals surface area contributed by atoms with Gasteiger partial charge in [0.25, 0.3) is 0 Å². The predicted molar refractivity (Wildman–Crippen MR) is 257 cm³/mol. The third-order valence-corrected chi connectivity index (χ3v) is 13.1. The summed E-state index contributed by atoms with van der Waals surface area (Å²) in [6.45, 7) is 4.72. The van der Waals surface area contributed by atoms with Crippen LogP contribution >= 0.6 is 0 Å². The van der Waals surface area contributed by atoms with Crippen molar-refractivity contribution in [3.8, 4) is 44.5 Å². The molecular formula is C59H41NO. The number of nitrogens with zero attached hydrogens (tertiary/aromatic N) is 1. The van der Waals surface area contributed by atoms with Gasteiger partial charge in [-0.05, 0) is 103 Å². The van der Waals surface area contributed by atoms with Crippen LogP contribution in [0.4, 0.5) is 17.1 Å². The lowest BCUT2D eigenvalue weighted by Gasteiger charge is -2.30. The minimum absolute atomic E-state index is 0.156. The molecule has 61 heavy (non-hydrogen) atoms. The molecule has 10 aromatic carbocycles. The van der Waals surface area contributed by atoms with Crippen LogP contribution in [0.1, 0.15) is 25.0 Å². The summed E-state index contributed by atoms with van der Waals surface area (Å²) in [5.74, 6) is 0. The van der Waals surface area contributed by atoms with Gasteiger partial charge >= 0.3 is 0 Å². The zero-order valence-electron chi connectivity index (χ0n) is 34.1. The molecule has 0 bridgehead atoms. The van der Waals surface area contributed by atoms with Gasteiger partial charge in [0.1, 0.15) is 11.2 Å². The van der Waals surface area contributed by atoms with Crippen molar-refractivity contribution in [3.63, 3.8) is 0 Å². The summed E-state index contributed by atoms with van der Waals surface area (Å²) in [4.78, 5) is 2.46. The molecule has 1 aromatic heterocycles. The fourth-order valence-electron chi connectivity index (χ4n) is 10.0. The maximum absolute atomic E-state index is 6.99. The van der Waals surface area contributed by atoms with E-state index >= 15 is 0 Å². The van der Waals surface area contributed by atoms with Crippen LogP contribution in [0.25, 0.3) is 88.0 Å². The predicted octanol–water partition coefficient (Wildman–Crippen LogP) is 16.7. The largest absolute Gasteiger partial charge is 0.455 e. The van der Waals surface area contributed by atoms with Crippen molar-refractivity contribution in [2.24, 2.45) is 0 Å². The maximum atomic E-state index is 6.99. The average Bonchev–Trinajstić information content (AvgIpc) is 3.81. The standard InChI is InChI=1S/C59H41NO/c1-59(2)53-24-14-13-21-47(53)48-34-33-44(35-54(48)59)60(43-31-29-41(30-32-43)40-27-25-39(26-28-40)38-15-5-3-6-16-38)55-36-52-56(37-51(55)42-17-7-4-8-18-42)61-58-50-23-12-10-20-46(50)45-19-9-11-22-49(45)57(52)58/h3-37H,1-2H3. The first-order chi connectivity index (χ1) is 30.0. The number of fused-ring (bicyclic) bond motifs is 11. The summed E-state index contributed by atoms with van der Waals surface area (Å²) < 4.78 is 6.99. The van der Waals surface area contributed by atoms with Crippen molar-refractivity contribution in [2.45, 2.75) is 19.3 Å². The Morgan fingerprint density at radius 3 is 1.56 bits per heavy atom. The molecule has 0 unspecified atom stereocenters. The van der Waals surface area contributed by atoms with E-state index in [4.69, 9.17) is 4.42 Å². The van der Waals surface area contributed by atoms with Crippen molar-refractivity contribution in [3.05, 3.63) is 223 Å². The van der Waals surface area contributed by atoms with Gasteiger partial charge in [-0.15, -0.1) is 0 Å². The first-order valence-electron chi connectivity index (χ1n) is 21.2. The highest BCUT2D eigenvalue weighted by Gasteiger charge is 2.36. The van der Waals surface area contributed by atoms with Crippen LogP contribution in [-0.4, -0.2) is 0 Å². The molecule has 0 saturated heterocycles. The number of hydrogen-bond acceptors (Lipinski definition) is 2. The van der Waals surface area contributed by atoms with E-state index in [1.54, 1.807) is 0 Å². The van der Waals surface area contributed by atoms with E-state index in [1.807, 2.05) is 0 Å². The minimum atomic E-state index is -0.156. The SMILES string of the molecule is CC1(C)c2ccccc2-c2ccc(N(c3ccc(-c4ccc(-c5ccccc5)cc4)cc3)c3cc4c(cc3-c3ccccc3)oc3c5ccccc5c5ccccc5c43)cc21. The Labute approximate surface area is 355 Å². The van der Waals surface area contributed by atoms with E-state index in [-0.39, 0.29) is 5.41 Å². The van der Waals surface area contributed by atoms with Gasteiger partial charge in [0.15, 0.2) is 0 Å². The summed E-state index contributed by atoms with van der Waals surface area (Å²) in [6.07, 6.45) is 0. The van der Waals surface area contributed by atoms with Crippen molar-refractivity contribution < 1.29 is 4.42 Å². The van der Waals surface area contributed by atoms with Crippen LogP contribution in [-0.2, 0) is 5.41 Å². The van der Waals surface area contributed by atoms with E-state index in [2.05, 4.69) is 231 Å². The highest BCUT2D eigenvalue weighted by molar-refractivity contribution is 6.30. The van der Waals surface area contributed by atoms with Gasteiger partial charge in [-0.25, -0.2) is 0 Å². The molecule has 0 fully saturated rings. The molecule has 0 amide bonds. The summed E-state index contributed by atoms with van der Waals surface area (Å²) in [5.41, 5.74) is 17.3. The van der Waals surface area contributed by atoms with Gasteiger partial charge in [-0.3, -0.25) is 0 Å². The van der Waals surface area contributed by atoms with Crippen LogP contribution in [0.3, 0.4) is 0 Å². The van der Waals surface area contributed by atoms with Crippen molar-refractivity contribution in [1.29, 1.82) is 0 Å². The Morgan fingerprint density at radius 1 is 0.361 bits per heavy atom. The van der Waals surface area contributed by atoms with E-state index in [9.17, 15) is 0 Å². The lowest BCUT2D eigenvalue weighted by Crippen LogP contribution is -2.17.